The molecule has 1 aromatic heterocycles. The Bertz CT molecular complexity index is 666. The van der Waals surface area contributed by atoms with E-state index in [0.717, 1.165) is 5.56 Å². The second kappa shape index (κ2) is 5.30. The van der Waals surface area contributed by atoms with Gasteiger partial charge in [-0.2, -0.15) is 5.26 Å². The summed E-state index contributed by atoms with van der Waals surface area (Å²) < 4.78 is 5.70. The van der Waals surface area contributed by atoms with Crippen LogP contribution in [0.5, 0.6) is 11.6 Å². The van der Waals surface area contributed by atoms with Gasteiger partial charge in [-0.05, 0) is 29.5 Å². The minimum atomic E-state index is 0.0909. The molecular weight excluding hydrogens is 250 g/mol. The lowest BCUT2D eigenvalue weighted by Crippen LogP contribution is -2.11. The first-order valence-corrected chi connectivity index (χ1v) is 6.42. The lowest BCUT2D eigenvalue weighted by atomic mass is 9.86. The predicted octanol–water partition coefficient (Wildman–Crippen LogP) is 3.75. The van der Waals surface area contributed by atoms with Crippen LogP contribution in [-0.4, -0.2) is 9.97 Å². The molecule has 0 fully saturated rings. The molecule has 20 heavy (non-hydrogen) atoms. The number of ether oxygens (including phenoxy) is 1. The summed E-state index contributed by atoms with van der Waals surface area (Å²) in [5.41, 5.74) is 2.52. The molecule has 2 rings (SSSR count). The lowest BCUT2D eigenvalue weighted by molar-refractivity contribution is 0.453. The maximum atomic E-state index is 8.98. The van der Waals surface area contributed by atoms with Crippen molar-refractivity contribution < 1.29 is 4.74 Å². The van der Waals surface area contributed by atoms with E-state index < -0.39 is 0 Å². The Labute approximate surface area is 119 Å². The molecule has 0 aliphatic heterocycles. The first-order valence-electron chi connectivity index (χ1n) is 6.42. The molecule has 0 amide bonds. The molecule has 0 saturated carbocycles. The van der Waals surface area contributed by atoms with Crippen LogP contribution in [0.1, 0.15) is 37.6 Å². The highest BCUT2D eigenvalue weighted by molar-refractivity contribution is 5.42. The van der Waals surface area contributed by atoms with Crippen LogP contribution < -0.4 is 4.74 Å². The summed E-state index contributed by atoms with van der Waals surface area (Å²) in [5, 5.41) is 8.98. The minimum absolute atomic E-state index is 0.0909. The van der Waals surface area contributed by atoms with Crippen molar-refractivity contribution in [3.05, 3.63) is 47.4 Å². The highest BCUT2D eigenvalue weighted by Gasteiger charge is 2.15. The van der Waals surface area contributed by atoms with Gasteiger partial charge in [0, 0.05) is 12.4 Å². The summed E-state index contributed by atoms with van der Waals surface area (Å²) in [7, 11) is 0. The Morgan fingerprint density at radius 3 is 2.45 bits per heavy atom. The number of aryl methyl sites for hydroxylation is 1. The van der Waals surface area contributed by atoms with Crippen LogP contribution >= 0.6 is 0 Å². The second-order valence-electron chi connectivity index (χ2n) is 5.65. The van der Waals surface area contributed by atoms with Crippen molar-refractivity contribution in [1.82, 2.24) is 9.97 Å². The standard InChI is InChI=1S/C16H17N3O/c1-11-9-12(16(2,3)4)5-6-14(11)20-15-13(10-17)18-7-8-19-15/h5-9H,1-4H3. The average molecular weight is 267 g/mol. The third kappa shape index (κ3) is 2.94. The normalized spacial score (nSPS) is 10.9. The molecule has 102 valence electrons. The summed E-state index contributed by atoms with van der Waals surface area (Å²) in [6.07, 6.45) is 2.98. The van der Waals surface area contributed by atoms with Crippen molar-refractivity contribution >= 4 is 0 Å². The number of aromatic nitrogens is 2. The monoisotopic (exact) mass is 267 g/mol. The predicted molar refractivity (Wildman–Crippen MR) is 76.7 cm³/mol. The van der Waals surface area contributed by atoms with Crippen LogP contribution in [0.4, 0.5) is 0 Å². The highest BCUT2D eigenvalue weighted by Crippen LogP contribution is 2.30. The van der Waals surface area contributed by atoms with Crippen molar-refractivity contribution in [2.24, 2.45) is 0 Å². The van der Waals surface area contributed by atoms with Crippen molar-refractivity contribution in [2.45, 2.75) is 33.1 Å². The van der Waals surface area contributed by atoms with Gasteiger partial charge >= 0.3 is 0 Å². The van der Waals surface area contributed by atoms with Gasteiger partial charge in [-0.1, -0.05) is 32.9 Å². The smallest absolute Gasteiger partial charge is 0.256 e. The zero-order valence-corrected chi connectivity index (χ0v) is 12.1. The van der Waals surface area contributed by atoms with Crippen molar-refractivity contribution in [1.29, 1.82) is 5.26 Å². The van der Waals surface area contributed by atoms with Crippen LogP contribution in [0.15, 0.2) is 30.6 Å². The van der Waals surface area contributed by atoms with E-state index in [1.165, 1.54) is 18.0 Å². The molecule has 0 bridgehead atoms. The molecule has 0 spiro atoms. The largest absolute Gasteiger partial charge is 0.436 e. The van der Waals surface area contributed by atoms with Gasteiger partial charge < -0.3 is 4.74 Å². The van der Waals surface area contributed by atoms with Gasteiger partial charge in [0.05, 0.1) is 0 Å². The van der Waals surface area contributed by atoms with E-state index in [1.807, 2.05) is 25.1 Å². The summed E-state index contributed by atoms with van der Waals surface area (Å²) in [4.78, 5) is 7.98. The van der Waals surface area contributed by atoms with E-state index in [1.54, 1.807) is 0 Å². The van der Waals surface area contributed by atoms with Gasteiger partial charge in [0.15, 0.2) is 0 Å². The number of nitriles is 1. The Hall–Kier alpha value is -2.41. The molecule has 0 unspecified atom stereocenters. The fourth-order valence-electron chi connectivity index (χ4n) is 1.81. The van der Waals surface area contributed by atoms with Crippen molar-refractivity contribution in [2.75, 3.05) is 0 Å². The fraction of sp³-hybridized carbons (Fsp3) is 0.312. The molecule has 1 heterocycles. The third-order valence-electron chi connectivity index (χ3n) is 3.02. The zero-order valence-electron chi connectivity index (χ0n) is 12.1. The van der Waals surface area contributed by atoms with Gasteiger partial charge in [-0.25, -0.2) is 9.97 Å². The Balaban J connectivity index is 2.34. The maximum absolute atomic E-state index is 8.98. The van der Waals surface area contributed by atoms with E-state index >= 15 is 0 Å². The van der Waals surface area contributed by atoms with E-state index in [2.05, 4.69) is 36.8 Å². The van der Waals surface area contributed by atoms with Gasteiger partial charge in [0.25, 0.3) is 5.88 Å². The molecule has 0 aliphatic rings. The summed E-state index contributed by atoms with van der Waals surface area (Å²) >= 11 is 0. The van der Waals surface area contributed by atoms with Gasteiger partial charge in [0.2, 0.25) is 5.69 Å². The Morgan fingerprint density at radius 2 is 1.85 bits per heavy atom. The van der Waals surface area contributed by atoms with Crippen LogP contribution in [0.25, 0.3) is 0 Å². The van der Waals surface area contributed by atoms with Crippen molar-refractivity contribution in [3.63, 3.8) is 0 Å². The first kappa shape index (κ1) is 14.0. The molecular formula is C16H17N3O. The minimum Gasteiger partial charge on any atom is -0.436 e. The number of nitrogens with zero attached hydrogens (tertiary/aromatic N) is 3. The second-order valence-corrected chi connectivity index (χ2v) is 5.65. The molecule has 1 aromatic carbocycles. The maximum Gasteiger partial charge on any atom is 0.256 e. The Kier molecular flexibility index (Phi) is 3.71. The SMILES string of the molecule is Cc1cc(C(C)(C)C)ccc1Oc1nccnc1C#N. The van der Waals surface area contributed by atoms with Gasteiger partial charge in [-0.3, -0.25) is 0 Å². The Morgan fingerprint density at radius 1 is 1.15 bits per heavy atom. The summed E-state index contributed by atoms with van der Waals surface area (Å²) in [6, 6.07) is 8.01. The quantitative estimate of drug-likeness (QED) is 0.831. The topological polar surface area (TPSA) is 58.8 Å². The van der Waals surface area contributed by atoms with Crippen LogP contribution in [0.2, 0.25) is 0 Å². The van der Waals surface area contributed by atoms with Crippen LogP contribution in [0, 0.1) is 18.3 Å². The molecule has 0 saturated heterocycles. The molecule has 2 aromatic rings. The number of benzene rings is 1. The zero-order chi connectivity index (χ0) is 14.8. The number of hydrogen-bond donors (Lipinski definition) is 0. The lowest BCUT2D eigenvalue weighted by Gasteiger charge is -2.20. The van der Waals surface area contributed by atoms with E-state index in [4.69, 9.17) is 10.00 Å². The fourth-order valence-corrected chi connectivity index (χ4v) is 1.81. The van der Waals surface area contributed by atoms with Crippen molar-refractivity contribution in [3.8, 4) is 17.7 Å². The third-order valence-corrected chi connectivity index (χ3v) is 3.02. The molecule has 0 N–H and O–H groups in total. The molecule has 4 heteroatoms. The highest BCUT2D eigenvalue weighted by atomic mass is 16.5. The molecule has 0 radical (unpaired) electrons. The van der Waals surface area contributed by atoms with Crippen LogP contribution in [-0.2, 0) is 5.41 Å². The molecule has 0 aliphatic carbocycles. The van der Waals surface area contributed by atoms with Gasteiger partial charge in [-0.15, -0.1) is 0 Å². The van der Waals surface area contributed by atoms with Gasteiger partial charge in [0.1, 0.15) is 11.8 Å². The summed E-state index contributed by atoms with van der Waals surface area (Å²) in [5.74, 6) is 0.927. The molecule has 4 nitrogen and oxygen atoms in total. The summed E-state index contributed by atoms with van der Waals surface area (Å²) in [6.45, 7) is 8.48. The van der Waals surface area contributed by atoms with E-state index in [0.29, 0.717) is 5.75 Å². The molecule has 0 atom stereocenters. The number of rotatable bonds is 2. The first-order chi connectivity index (χ1) is 9.41. The number of hydrogen-bond acceptors (Lipinski definition) is 4. The average Bonchev–Trinajstić information content (AvgIpc) is 2.40. The van der Waals surface area contributed by atoms with Crippen LogP contribution in [0.3, 0.4) is 0 Å². The van der Waals surface area contributed by atoms with E-state index in [-0.39, 0.29) is 17.0 Å². The van der Waals surface area contributed by atoms with E-state index in [9.17, 15) is 0 Å².